The summed E-state index contributed by atoms with van der Waals surface area (Å²) in [6.45, 7) is 8.27. The molecule has 0 N–H and O–H groups in total. The molecular formula is C19H27N5O2. The maximum Gasteiger partial charge on any atom is 0.274 e. The first-order valence-corrected chi connectivity index (χ1v) is 9.00. The number of aromatic nitrogens is 3. The molecule has 0 unspecified atom stereocenters. The van der Waals surface area contributed by atoms with E-state index in [1.165, 1.54) is 0 Å². The van der Waals surface area contributed by atoms with Gasteiger partial charge in [-0.1, -0.05) is 0 Å². The van der Waals surface area contributed by atoms with Crippen molar-refractivity contribution >= 4 is 11.6 Å². The molecule has 1 atom stereocenters. The van der Waals surface area contributed by atoms with E-state index in [0.29, 0.717) is 25.4 Å². The maximum absolute atomic E-state index is 12.9. The van der Waals surface area contributed by atoms with Crippen molar-refractivity contribution in [3.63, 3.8) is 0 Å². The Kier molecular flexibility index (Phi) is 5.27. The molecule has 1 saturated heterocycles. The summed E-state index contributed by atoms with van der Waals surface area (Å²) in [5.74, 6) is -0.0471. The first kappa shape index (κ1) is 18.4. The molecule has 1 aliphatic rings. The number of ether oxygens (including phenoxy) is 1. The lowest BCUT2D eigenvalue weighted by Crippen LogP contribution is -2.42. The largest absolute Gasteiger partial charge is 0.378 e. The van der Waals surface area contributed by atoms with Gasteiger partial charge in [-0.25, -0.2) is 0 Å². The van der Waals surface area contributed by atoms with Crippen molar-refractivity contribution in [3.05, 3.63) is 41.0 Å². The molecular weight excluding hydrogens is 330 g/mol. The van der Waals surface area contributed by atoms with Gasteiger partial charge in [0.2, 0.25) is 0 Å². The van der Waals surface area contributed by atoms with Gasteiger partial charge < -0.3 is 14.5 Å². The van der Waals surface area contributed by atoms with E-state index in [1.54, 1.807) is 0 Å². The summed E-state index contributed by atoms with van der Waals surface area (Å²) < 4.78 is 7.76. The Balaban J connectivity index is 1.80. The number of hydrogen-bond donors (Lipinski definition) is 0. The number of anilines is 1. The van der Waals surface area contributed by atoms with Crippen LogP contribution in [0.1, 0.15) is 40.6 Å². The topological polar surface area (TPSA) is 63.5 Å². The Hall–Kier alpha value is -2.41. The average molecular weight is 357 g/mol. The van der Waals surface area contributed by atoms with Gasteiger partial charge in [0.15, 0.2) is 5.69 Å². The number of amides is 1. The fourth-order valence-corrected chi connectivity index (χ4v) is 3.21. The second-order valence-electron chi connectivity index (χ2n) is 6.88. The summed E-state index contributed by atoms with van der Waals surface area (Å²) in [7, 11) is 4.00. The average Bonchev–Trinajstić information content (AvgIpc) is 3.01. The highest BCUT2D eigenvalue weighted by Gasteiger charge is 2.28. The number of carbonyl (C=O) groups excluding carboxylic acids is 1. The van der Waals surface area contributed by atoms with E-state index in [-0.39, 0.29) is 12.0 Å². The molecule has 2 aromatic heterocycles. The second kappa shape index (κ2) is 7.45. The monoisotopic (exact) mass is 357 g/mol. The van der Waals surface area contributed by atoms with Crippen molar-refractivity contribution in [2.45, 2.75) is 33.4 Å². The molecule has 7 heteroatoms. The van der Waals surface area contributed by atoms with Crippen LogP contribution in [0.25, 0.3) is 0 Å². The Bertz CT molecular complexity index is 799. The standard InChI is InChI=1S/C19H27N5O2/c1-6-24-14(3)10-17(21-24)19(25)23-7-8-26-18(12-23)16-11-15(22(4)5)9-13(2)20-16/h9-11,18H,6-8,12H2,1-5H3/t18-/m0/s1. The van der Waals surface area contributed by atoms with Gasteiger partial charge in [0, 0.05) is 44.3 Å². The fourth-order valence-electron chi connectivity index (χ4n) is 3.21. The quantitative estimate of drug-likeness (QED) is 0.839. The first-order chi connectivity index (χ1) is 12.4. The molecule has 0 radical (unpaired) electrons. The number of carbonyl (C=O) groups is 1. The summed E-state index contributed by atoms with van der Waals surface area (Å²) >= 11 is 0. The molecule has 26 heavy (non-hydrogen) atoms. The van der Waals surface area contributed by atoms with E-state index in [9.17, 15) is 4.79 Å². The summed E-state index contributed by atoms with van der Waals surface area (Å²) in [6.07, 6.45) is -0.222. The molecule has 0 spiro atoms. The second-order valence-corrected chi connectivity index (χ2v) is 6.88. The van der Waals surface area contributed by atoms with Crippen molar-refractivity contribution in [3.8, 4) is 0 Å². The highest BCUT2D eigenvalue weighted by Crippen LogP contribution is 2.25. The maximum atomic E-state index is 12.9. The van der Waals surface area contributed by atoms with Crippen LogP contribution in [0.3, 0.4) is 0 Å². The van der Waals surface area contributed by atoms with Crippen LogP contribution in [0.15, 0.2) is 18.2 Å². The first-order valence-electron chi connectivity index (χ1n) is 9.00. The van der Waals surface area contributed by atoms with Crippen LogP contribution in [-0.2, 0) is 11.3 Å². The Morgan fingerprint density at radius 3 is 2.73 bits per heavy atom. The van der Waals surface area contributed by atoms with Crippen molar-refractivity contribution in [1.29, 1.82) is 0 Å². The zero-order valence-corrected chi connectivity index (χ0v) is 16.2. The lowest BCUT2D eigenvalue weighted by atomic mass is 10.1. The van der Waals surface area contributed by atoms with Gasteiger partial charge in [0.1, 0.15) is 6.10 Å². The number of nitrogens with zero attached hydrogens (tertiary/aromatic N) is 5. The Labute approximate surface area is 154 Å². The summed E-state index contributed by atoms with van der Waals surface area (Å²) in [5.41, 5.74) is 4.38. The van der Waals surface area contributed by atoms with Gasteiger partial charge in [-0.05, 0) is 39.0 Å². The zero-order chi connectivity index (χ0) is 18.8. The minimum atomic E-state index is -0.222. The van der Waals surface area contributed by atoms with E-state index in [2.05, 4.69) is 10.1 Å². The smallest absolute Gasteiger partial charge is 0.274 e. The zero-order valence-electron chi connectivity index (χ0n) is 16.2. The van der Waals surface area contributed by atoms with Crippen LogP contribution in [0.4, 0.5) is 5.69 Å². The lowest BCUT2D eigenvalue weighted by molar-refractivity contribution is -0.0249. The predicted octanol–water partition coefficient (Wildman–Crippen LogP) is 2.19. The van der Waals surface area contributed by atoms with E-state index < -0.39 is 0 Å². The van der Waals surface area contributed by atoms with Gasteiger partial charge in [0.05, 0.1) is 18.8 Å². The molecule has 0 saturated carbocycles. The Morgan fingerprint density at radius 2 is 2.08 bits per heavy atom. The number of hydrogen-bond acceptors (Lipinski definition) is 5. The number of morpholine rings is 1. The number of aryl methyl sites for hydroxylation is 3. The van der Waals surface area contributed by atoms with Crippen molar-refractivity contribution in [2.24, 2.45) is 0 Å². The molecule has 140 valence electrons. The molecule has 0 aromatic carbocycles. The van der Waals surface area contributed by atoms with E-state index in [4.69, 9.17) is 4.74 Å². The summed E-state index contributed by atoms with van der Waals surface area (Å²) in [4.78, 5) is 21.4. The van der Waals surface area contributed by atoms with Crippen LogP contribution < -0.4 is 4.90 Å². The van der Waals surface area contributed by atoms with Crippen LogP contribution in [0.2, 0.25) is 0 Å². The molecule has 1 aliphatic heterocycles. The van der Waals surface area contributed by atoms with E-state index >= 15 is 0 Å². The third kappa shape index (κ3) is 3.72. The van der Waals surface area contributed by atoms with Crippen molar-refractivity contribution in [2.75, 3.05) is 38.7 Å². The number of rotatable bonds is 4. The van der Waals surface area contributed by atoms with Crippen LogP contribution in [0.5, 0.6) is 0 Å². The minimum absolute atomic E-state index is 0.0471. The molecule has 1 amide bonds. The lowest BCUT2D eigenvalue weighted by Gasteiger charge is -2.32. The molecule has 3 heterocycles. The molecule has 0 bridgehead atoms. The normalized spacial score (nSPS) is 17.4. The van der Waals surface area contributed by atoms with Gasteiger partial charge in [-0.3, -0.25) is 14.5 Å². The van der Waals surface area contributed by atoms with Crippen molar-refractivity contribution in [1.82, 2.24) is 19.7 Å². The number of pyridine rings is 1. The minimum Gasteiger partial charge on any atom is -0.378 e. The third-order valence-electron chi connectivity index (χ3n) is 4.66. The van der Waals surface area contributed by atoms with Gasteiger partial charge in [-0.15, -0.1) is 0 Å². The molecule has 2 aromatic rings. The van der Waals surface area contributed by atoms with E-state index in [1.807, 2.05) is 67.5 Å². The predicted molar refractivity (Wildman–Crippen MR) is 101 cm³/mol. The summed E-state index contributed by atoms with van der Waals surface area (Å²) in [6, 6.07) is 5.92. The SMILES string of the molecule is CCn1nc(C(=O)N2CCO[C@H](c3cc(N(C)C)cc(C)n3)C2)cc1C. The van der Waals surface area contributed by atoms with Crippen LogP contribution >= 0.6 is 0 Å². The van der Waals surface area contributed by atoms with E-state index in [0.717, 1.165) is 29.3 Å². The Morgan fingerprint density at radius 1 is 1.31 bits per heavy atom. The van der Waals surface area contributed by atoms with Gasteiger partial charge in [0.25, 0.3) is 5.91 Å². The van der Waals surface area contributed by atoms with Gasteiger partial charge in [-0.2, -0.15) is 5.10 Å². The third-order valence-corrected chi connectivity index (χ3v) is 4.66. The van der Waals surface area contributed by atoms with Crippen LogP contribution in [-0.4, -0.2) is 59.4 Å². The molecule has 1 fully saturated rings. The summed E-state index contributed by atoms with van der Waals surface area (Å²) in [5, 5.41) is 4.41. The fraction of sp³-hybridized carbons (Fsp3) is 0.526. The highest BCUT2D eigenvalue weighted by molar-refractivity contribution is 5.92. The van der Waals surface area contributed by atoms with Gasteiger partial charge >= 0.3 is 0 Å². The molecule has 0 aliphatic carbocycles. The van der Waals surface area contributed by atoms with Crippen molar-refractivity contribution < 1.29 is 9.53 Å². The molecule has 7 nitrogen and oxygen atoms in total. The van der Waals surface area contributed by atoms with Crippen LogP contribution in [0, 0.1) is 13.8 Å². The highest BCUT2D eigenvalue weighted by atomic mass is 16.5. The molecule has 3 rings (SSSR count).